The van der Waals surface area contributed by atoms with Gasteiger partial charge in [-0.2, -0.15) is 0 Å². The number of Topliss-reactive ketones (excluding diaryl/α,β-unsaturated/α-hetero) is 1. The van der Waals surface area contributed by atoms with E-state index in [1.54, 1.807) is 6.20 Å². The highest BCUT2D eigenvalue weighted by molar-refractivity contribution is 6.45. The Morgan fingerprint density at radius 1 is 1.13 bits per heavy atom. The summed E-state index contributed by atoms with van der Waals surface area (Å²) in [6.07, 6.45) is 5.48. The van der Waals surface area contributed by atoms with Crippen LogP contribution in [0.4, 0.5) is 0 Å². The van der Waals surface area contributed by atoms with Gasteiger partial charge in [0.2, 0.25) is 0 Å². The second kappa shape index (κ2) is 6.96. The second-order valence-corrected chi connectivity index (χ2v) is 6.16. The van der Waals surface area contributed by atoms with Crippen molar-refractivity contribution in [1.82, 2.24) is 14.8 Å². The van der Waals surface area contributed by atoms with E-state index >= 15 is 0 Å². The van der Waals surface area contributed by atoms with E-state index in [4.69, 9.17) is 0 Å². The maximum atomic E-state index is 12.4. The molecule has 0 aliphatic carbocycles. The average molecular weight is 313 g/mol. The first-order chi connectivity index (χ1) is 11.2. The highest BCUT2D eigenvalue weighted by Crippen LogP contribution is 2.20. The lowest BCUT2D eigenvalue weighted by molar-refractivity contribution is -0.117. The third-order valence-electron chi connectivity index (χ3n) is 4.51. The smallest absolute Gasteiger partial charge is 0.292 e. The molecule has 2 aromatic rings. The summed E-state index contributed by atoms with van der Waals surface area (Å²) in [6.45, 7) is 3.52. The lowest BCUT2D eigenvalue weighted by Gasteiger charge is -2.26. The number of nitrogens with zero attached hydrogens (tertiary/aromatic N) is 2. The number of aromatic nitrogens is 1. The molecule has 1 N–H and O–H groups in total. The van der Waals surface area contributed by atoms with Crippen molar-refractivity contribution in [3.63, 3.8) is 0 Å². The molecule has 5 nitrogen and oxygen atoms in total. The molecule has 1 saturated heterocycles. The summed E-state index contributed by atoms with van der Waals surface area (Å²) < 4.78 is 1.88. The number of benzene rings is 1. The molecule has 1 aliphatic rings. The topological polar surface area (TPSA) is 54.3 Å². The SMILES string of the molecule is Cn1cc(C(=O)C(=O)NCCN2CCCCC2)c2ccccc21. The van der Waals surface area contributed by atoms with Crippen LogP contribution in [0.5, 0.6) is 0 Å². The van der Waals surface area contributed by atoms with Gasteiger partial charge in [0.25, 0.3) is 11.7 Å². The third kappa shape index (κ3) is 3.45. The molecule has 122 valence electrons. The van der Waals surface area contributed by atoms with Gasteiger partial charge in [-0.05, 0) is 32.0 Å². The van der Waals surface area contributed by atoms with Crippen LogP contribution in [0.2, 0.25) is 0 Å². The van der Waals surface area contributed by atoms with E-state index in [2.05, 4.69) is 10.2 Å². The summed E-state index contributed by atoms with van der Waals surface area (Å²) in [5.74, 6) is -0.973. The molecule has 0 spiro atoms. The molecular formula is C18H23N3O2. The summed E-state index contributed by atoms with van der Waals surface area (Å²) in [4.78, 5) is 26.9. The number of hydrogen-bond acceptors (Lipinski definition) is 3. The van der Waals surface area contributed by atoms with Crippen molar-refractivity contribution in [1.29, 1.82) is 0 Å². The van der Waals surface area contributed by atoms with Gasteiger partial charge in [-0.1, -0.05) is 24.6 Å². The van der Waals surface area contributed by atoms with Gasteiger partial charge in [0.1, 0.15) is 0 Å². The fourth-order valence-electron chi connectivity index (χ4n) is 3.24. The van der Waals surface area contributed by atoms with Crippen molar-refractivity contribution in [2.24, 2.45) is 7.05 Å². The minimum Gasteiger partial charge on any atom is -0.350 e. The van der Waals surface area contributed by atoms with Crippen LogP contribution < -0.4 is 5.32 Å². The van der Waals surface area contributed by atoms with E-state index in [9.17, 15) is 9.59 Å². The van der Waals surface area contributed by atoms with Crippen molar-refractivity contribution in [3.8, 4) is 0 Å². The van der Waals surface area contributed by atoms with Gasteiger partial charge in [0, 0.05) is 37.2 Å². The molecule has 0 saturated carbocycles. The third-order valence-corrected chi connectivity index (χ3v) is 4.51. The number of aryl methyl sites for hydroxylation is 1. The summed E-state index contributed by atoms with van der Waals surface area (Å²) >= 11 is 0. The number of hydrogen-bond donors (Lipinski definition) is 1. The lowest BCUT2D eigenvalue weighted by atomic mass is 10.1. The molecule has 1 aliphatic heterocycles. The predicted molar refractivity (Wildman–Crippen MR) is 90.6 cm³/mol. The molecule has 1 aromatic heterocycles. The van der Waals surface area contributed by atoms with Crippen molar-refractivity contribution in [2.45, 2.75) is 19.3 Å². The quantitative estimate of drug-likeness (QED) is 0.678. The zero-order valence-corrected chi connectivity index (χ0v) is 13.5. The van der Waals surface area contributed by atoms with E-state index in [1.807, 2.05) is 35.9 Å². The highest BCUT2D eigenvalue weighted by Gasteiger charge is 2.20. The number of piperidine rings is 1. The van der Waals surface area contributed by atoms with E-state index in [0.29, 0.717) is 12.1 Å². The molecule has 1 amide bonds. The van der Waals surface area contributed by atoms with Crippen LogP contribution in [0.3, 0.4) is 0 Å². The standard InChI is InChI=1S/C18H23N3O2/c1-20-13-15(14-7-3-4-8-16(14)20)17(22)18(23)19-9-12-21-10-5-2-6-11-21/h3-4,7-8,13H,2,5-6,9-12H2,1H3,(H,19,23). The Morgan fingerprint density at radius 2 is 1.87 bits per heavy atom. The fraction of sp³-hybridized carbons (Fsp3) is 0.444. The minimum absolute atomic E-state index is 0.458. The van der Waals surface area contributed by atoms with Gasteiger partial charge in [-0.15, -0.1) is 0 Å². The van der Waals surface area contributed by atoms with Gasteiger partial charge in [0.05, 0.1) is 5.56 Å². The fourth-order valence-corrected chi connectivity index (χ4v) is 3.24. The minimum atomic E-state index is -0.515. The molecule has 23 heavy (non-hydrogen) atoms. The molecule has 0 radical (unpaired) electrons. The van der Waals surface area contributed by atoms with Gasteiger partial charge < -0.3 is 14.8 Å². The van der Waals surface area contributed by atoms with Crippen molar-refractivity contribution < 1.29 is 9.59 Å². The number of nitrogens with one attached hydrogen (secondary N) is 1. The van der Waals surface area contributed by atoms with Crippen molar-refractivity contribution in [3.05, 3.63) is 36.0 Å². The zero-order chi connectivity index (χ0) is 16.2. The van der Waals surface area contributed by atoms with E-state index < -0.39 is 11.7 Å². The van der Waals surface area contributed by atoms with Gasteiger partial charge in [-0.25, -0.2) is 0 Å². The Balaban J connectivity index is 1.61. The summed E-state index contributed by atoms with van der Waals surface area (Å²) in [5.41, 5.74) is 1.43. The van der Waals surface area contributed by atoms with E-state index in [-0.39, 0.29) is 0 Å². The molecule has 5 heteroatoms. The molecule has 1 fully saturated rings. The first kappa shape index (κ1) is 15.7. The number of amides is 1. The van der Waals surface area contributed by atoms with Gasteiger partial charge >= 0.3 is 0 Å². The van der Waals surface area contributed by atoms with E-state index in [0.717, 1.165) is 30.5 Å². The van der Waals surface area contributed by atoms with E-state index in [1.165, 1.54) is 19.3 Å². The van der Waals surface area contributed by atoms with Crippen LogP contribution in [0, 0.1) is 0 Å². The number of carbonyl (C=O) groups excluding carboxylic acids is 2. The Kier molecular flexibility index (Phi) is 4.76. The molecule has 1 aromatic carbocycles. The van der Waals surface area contributed by atoms with Crippen LogP contribution >= 0.6 is 0 Å². The maximum Gasteiger partial charge on any atom is 0.292 e. The summed E-state index contributed by atoms with van der Waals surface area (Å²) in [5, 5.41) is 3.59. The number of carbonyl (C=O) groups is 2. The largest absolute Gasteiger partial charge is 0.350 e. The molecule has 3 rings (SSSR count). The summed E-state index contributed by atoms with van der Waals surface area (Å²) in [6, 6.07) is 7.63. The van der Waals surface area contributed by atoms with Gasteiger partial charge in [0.15, 0.2) is 0 Å². The molecule has 0 unspecified atom stereocenters. The van der Waals surface area contributed by atoms with Gasteiger partial charge in [-0.3, -0.25) is 9.59 Å². The maximum absolute atomic E-state index is 12.4. The summed E-state index contributed by atoms with van der Waals surface area (Å²) in [7, 11) is 1.88. The van der Waals surface area contributed by atoms with Crippen molar-refractivity contribution in [2.75, 3.05) is 26.2 Å². The number of likely N-dealkylation sites (tertiary alicyclic amines) is 1. The Hall–Kier alpha value is -2.14. The Labute approximate surface area is 136 Å². The molecule has 0 atom stereocenters. The zero-order valence-electron chi connectivity index (χ0n) is 13.5. The van der Waals surface area contributed by atoms with Crippen LogP contribution in [-0.4, -0.2) is 47.3 Å². The highest BCUT2D eigenvalue weighted by atomic mass is 16.2. The first-order valence-electron chi connectivity index (χ1n) is 8.26. The van der Waals surface area contributed by atoms with Crippen LogP contribution in [0.15, 0.2) is 30.5 Å². The number of ketones is 1. The van der Waals surface area contributed by atoms with Crippen molar-refractivity contribution >= 4 is 22.6 Å². The first-order valence-corrected chi connectivity index (χ1v) is 8.26. The Morgan fingerprint density at radius 3 is 2.65 bits per heavy atom. The Bertz CT molecular complexity index is 714. The predicted octanol–water partition coefficient (Wildman–Crippen LogP) is 1.96. The molecule has 0 bridgehead atoms. The average Bonchev–Trinajstić information content (AvgIpc) is 2.92. The number of para-hydroxylation sites is 1. The molecule has 2 heterocycles. The molecular weight excluding hydrogens is 290 g/mol. The monoisotopic (exact) mass is 313 g/mol. The number of fused-ring (bicyclic) bond motifs is 1. The number of rotatable bonds is 5. The van der Waals surface area contributed by atoms with Crippen LogP contribution in [0.1, 0.15) is 29.6 Å². The van der Waals surface area contributed by atoms with Crippen LogP contribution in [0.25, 0.3) is 10.9 Å². The lowest BCUT2D eigenvalue weighted by Crippen LogP contribution is -2.39. The second-order valence-electron chi connectivity index (χ2n) is 6.16. The van der Waals surface area contributed by atoms with Crippen LogP contribution in [-0.2, 0) is 11.8 Å². The normalized spacial score (nSPS) is 15.7.